The third-order valence-corrected chi connectivity index (χ3v) is 5.87. The van der Waals surface area contributed by atoms with E-state index >= 15 is 0 Å². The number of hydrogen-bond acceptors (Lipinski definition) is 4. The van der Waals surface area contributed by atoms with Gasteiger partial charge in [0.25, 0.3) is 0 Å². The van der Waals surface area contributed by atoms with E-state index in [9.17, 15) is 8.42 Å². The molecule has 21 heavy (non-hydrogen) atoms. The van der Waals surface area contributed by atoms with Crippen LogP contribution in [0.1, 0.15) is 12.8 Å². The molecule has 5 nitrogen and oxygen atoms in total. The zero-order chi connectivity index (χ0) is 15.3. The molecule has 1 aromatic rings. The molecule has 0 aromatic heterocycles. The van der Waals surface area contributed by atoms with Gasteiger partial charge in [-0.3, -0.25) is 0 Å². The van der Waals surface area contributed by atoms with Gasteiger partial charge in [0.2, 0.25) is 10.0 Å². The van der Waals surface area contributed by atoms with Crippen molar-refractivity contribution in [2.24, 2.45) is 0 Å². The van der Waals surface area contributed by atoms with Crippen molar-refractivity contribution in [1.82, 2.24) is 4.31 Å². The fourth-order valence-electron chi connectivity index (χ4n) is 2.68. The SMILES string of the molecule is COCCS(=O)(=O)N(C)[C@@H]1CCCN(c2ccccc2)C1. The maximum absolute atomic E-state index is 12.3. The molecule has 0 N–H and O–H groups in total. The van der Waals surface area contributed by atoms with Crippen molar-refractivity contribution in [3.63, 3.8) is 0 Å². The average Bonchev–Trinajstić information content (AvgIpc) is 2.53. The monoisotopic (exact) mass is 312 g/mol. The second-order valence-corrected chi connectivity index (χ2v) is 7.55. The minimum Gasteiger partial charge on any atom is -0.384 e. The summed E-state index contributed by atoms with van der Waals surface area (Å²) in [7, 11) is -0.0402. The molecule has 1 atom stereocenters. The van der Waals surface area contributed by atoms with Gasteiger partial charge in [-0.2, -0.15) is 0 Å². The Balaban J connectivity index is 2.04. The maximum atomic E-state index is 12.3. The normalized spacial score (nSPS) is 20.0. The van der Waals surface area contributed by atoms with Gasteiger partial charge >= 0.3 is 0 Å². The Morgan fingerprint density at radius 2 is 2.05 bits per heavy atom. The number of hydrogen-bond donors (Lipinski definition) is 0. The number of sulfonamides is 1. The van der Waals surface area contributed by atoms with Gasteiger partial charge < -0.3 is 9.64 Å². The maximum Gasteiger partial charge on any atom is 0.216 e. The second-order valence-electron chi connectivity index (χ2n) is 5.40. The van der Waals surface area contributed by atoms with E-state index in [4.69, 9.17) is 4.74 Å². The van der Waals surface area contributed by atoms with Crippen LogP contribution in [0.4, 0.5) is 5.69 Å². The van der Waals surface area contributed by atoms with Crippen LogP contribution < -0.4 is 4.90 Å². The molecular weight excluding hydrogens is 288 g/mol. The van der Waals surface area contributed by atoms with Gasteiger partial charge in [0.1, 0.15) is 0 Å². The van der Waals surface area contributed by atoms with Gasteiger partial charge in [-0.1, -0.05) is 18.2 Å². The molecule has 1 aliphatic heterocycles. The Hall–Kier alpha value is -1.11. The highest BCUT2D eigenvalue weighted by atomic mass is 32.2. The number of ether oxygens (including phenoxy) is 1. The lowest BCUT2D eigenvalue weighted by atomic mass is 10.1. The van der Waals surface area contributed by atoms with Gasteiger partial charge in [-0.15, -0.1) is 0 Å². The van der Waals surface area contributed by atoms with Crippen molar-refractivity contribution in [3.05, 3.63) is 30.3 Å². The van der Waals surface area contributed by atoms with E-state index in [1.54, 1.807) is 7.05 Å². The predicted octanol–water partition coefficient (Wildman–Crippen LogP) is 1.56. The van der Waals surface area contributed by atoms with Crippen LogP contribution in [0.5, 0.6) is 0 Å². The number of methoxy groups -OCH3 is 1. The Morgan fingerprint density at radius 1 is 1.33 bits per heavy atom. The average molecular weight is 312 g/mol. The first kappa shape index (κ1) is 16.3. The van der Waals surface area contributed by atoms with E-state index in [1.165, 1.54) is 11.4 Å². The third kappa shape index (κ3) is 4.18. The van der Waals surface area contributed by atoms with E-state index in [-0.39, 0.29) is 18.4 Å². The zero-order valence-electron chi connectivity index (χ0n) is 12.7. The van der Waals surface area contributed by atoms with Gasteiger partial charge in [0.15, 0.2) is 0 Å². The van der Waals surface area contributed by atoms with Crippen molar-refractivity contribution in [1.29, 1.82) is 0 Å². The number of benzene rings is 1. The van der Waals surface area contributed by atoms with E-state index < -0.39 is 10.0 Å². The number of nitrogens with zero attached hydrogens (tertiary/aromatic N) is 2. The summed E-state index contributed by atoms with van der Waals surface area (Å²) in [5.41, 5.74) is 1.16. The summed E-state index contributed by atoms with van der Waals surface area (Å²) in [5, 5.41) is 0. The number of anilines is 1. The highest BCUT2D eigenvalue weighted by Gasteiger charge is 2.30. The number of rotatable bonds is 6. The Morgan fingerprint density at radius 3 is 2.71 bits per heavy atom. The van der Waals surface area contributed by atoms with E-state index in [0.717, 1.165) is 31.6 Å². The van der Waals surface area contributed by atoms with Crippen molar-refractivity contribution < 1.29 is 13.2 Å². The first-order valence-electron chi connectivity index (χ1n) is 7.29. The van der Waals surface area contributed by atoms with Gasteiger partial charge in [-0.05, 0) is 25.0 Å². The van der Waals surface area contributed by atoms with Crippen LogP contribution in [0.25, 0.3) is 0 Å². The smallest absolute Gasteiger partial charge is 0.216 e. The molecule has 0 saturated carbocycles. The molecule has 1 aliphatic rings. The minimum atomic E-state index is -3.25. The highest BCUT2D eigenvalue weighted by molar-refractivity contribution is 7.89. The summed E-state index contributed by atoms with van der Waals surface area (Å²) < 4.78 is 30.9. The largest absolute Gasteiger partial charge is 0.384 e. The fourth-order valence-corrected chi connectivity index (χ4v) is 3.98. The molecule has 1 fully saturated rings. The molecule has 0 unspecified atom stereocenters. The second kappa shape index (κ2) is 7.24. The van der Waals surface area contributed by atoms with Crippen molar-refractivity contribution in [2.75, 3.05) is 44.5 Å². The third-order valence-electron chi connectivity index (χ3n) is 4.02. The van der Waals surface area contributed by atoms with Gasteiger partial charge in [-0.25, -0.2) is 12.7 Å². The van der Waals surface area contributed by atoms with Crippen molar-refractivity contribution in [3.8, 4) is 0 Å². The van der Waals surface area contributed by atoms with Crippen LogP contribution in [0.15, 0.2) is 30.3 Å². The van der Waals surface area contributed by atoms with Crippen LogP contribution in [0.2, 0.25) is 0 Å². The lowest BCUT2D eigenvalue weighted by Gasteiger charge is -2.38. The standard InChI is InChI=1S/C15H24N2O3S/c1-16(21(18,19)12-11-20-2)15-9-6-10-17(13-15)14-7-4-3-5-8-14/h3-5,7-8,15H,6,9-13H2,1-2H3/t15-/m1/s1. The molecule has 0 amide bonds. The molecule has 0 aliphatic carbocycles. The number of likely N-dealkylation sites (N-methyl/N-ethyl adjacent to an activating group) is 1. The molecule has 0 radical (unpaired) electrons. The zero-order valence-corrected chi connectivity index (χ0v) is 13.6. The lowest BCUT2D eigenvalue weighted by molar-refractivity contribution is 0.214. The van der Waals surface area contributed by atoms with Gasteiger partial charge in [0.05, 0.1) is 12.4 Å². The van der Waals surface area contributed by atoms with E-state index in [2.05, 4.69) is 17.0 Å². The Kier molecular flexibility index (Phi) is 5.61. The molecule has 0 bridgehead atoms. The first-order valence-corrected chi connectivity index (χ1v) is 8.90. The molecule has 1 heterocycles. The first-order chi connectivity index (χ1) is 10.0. The summed E-state index contributed by atoms with van der Waals surface area (Å²) in [4.78, 5) is 2.26. The molecule has 2 rings (SSSR count). The molecule has 0 spiro atoms. The van der Waals surface area contributed by atoms with Crippen molar-refractivity contribution >= 4 is 15.7 Å². The van der Waals surface area contributed by atoms with E-state index in [0.29, 0.717) is 0 Å². The fraction of sp³-hybridized carbons (Fsp3) is 0.600. The molecular formula is C15H24N2O3S. The molecule has 6 heteroatoms. The molecule has 1 saturated heterocycles. The quantitative estimate of drug-likeness (QED) is 0.800. The Bertz CT molecular complexity index is 533. The Labute approximate surface area is 127 Å². The summed E-state index contributed by atoms with van der Waals surface area (Å²) in [6.07, 6.45) is 1.91. The number of piperidine rings is 1. The van der Waals surface area contributed by atoms with Crippen LogP contribution in [-0.2, 0) is 14.8 Å². The highest BCUT2D eigenvalue weighted by Crippen LogP contribution is 2.23. The van der Waals surface area contributed by atoms with E-state index in [1.807, 2.05) is 18.2 Å². The predicted molar refractivity (Wildman–Crippen MR) is 85.1 cm³/mol. The minimum absolute atomic E-state index is 0.0285. The summed E-state index contributed by atoms with van der Waals surface area (Å²) in [6, 6.07) is 10.2. The van der Waals surface area contributed by atoms with Crippen LogP contribution >= 0.6 is 0 Å². The topological polar surface area (TPSA) is 49.9 Å². The lowest BCUT2D eigenvalue weighted by Crippen LogP contribution is -2.49. The summed E-state index contributed by atoms with van der Waals surface area (Å²) in [5.74, 6) is 0.0435. The number of para-hydroxylation sites is 1. The molecule has 118 valence electrons. The van der Waals surface area contributed by atoms with Crippen LogP contribution in [0, 0.1) is 0 Å². The van der Waals surface area contributed by atoms with Crippen molar-refractivity contribution in [2.45, 2.75) is 18.9 Å². The summed E-state index contributed by atoms with van der Waals surface area (Å²) in [6.45, 7) is 1.96. The van der Waals surface area contributed by atoms with Crippen LogP contribution in [0.3, 0.4) is 0 Å². The summed E-state index contributed by atoms with van der Waals surface area (Å²) >= 11 is 0. The van der Waals surface area contributed by atoms with Gasteiger partial charge in [0, 0.05) is 39.0 Å². The molecule has 1 aromatic carbocycles. The van der Waals surface area contributed by atoms with Crippen LogP contribution in [-0.4, -0.2) is 58.4 Å².